The van der Waals surface area contributed by atoms with Gasteiger partial charge in [0.25, 0.3) is 5.19 Å². The number of hydrogen-bond acceptors (Lipinski definition) is 6. The van der Waals surface area contributed by atoms with Gasteiger partial charge in [-0.05, 0) is 58.5 Å². The van der Waals surface area contributed by atoms with Crippen LogP contribution >= 0.6 is 27.3 Å². The average molecular weight is 388 g/mol. The Labute approximate surface area is 143 Å². The van der Waals surface area contributed by atoms with Crippen LogP contribution in [0.5, 0.6) is 10.9 Å². The fourth-order valence-corrected chi connectivity index (χ4v) is 3.30. The molecule has 4 aromatic rings. The Kier molecular flexibility index (Phi) is 3.55. The van der Waals surface area contributed by atoms with Gasteiger partial charge in [0.05, 0.1) is 11.9 Å². The molecule has 0 aliphatic rings. The first kappa shape index (κ1) is 14.3. The summed E-state index contributed by atoms with van der Waals surface area (Å²) in [6, 6.07) is 7.59. The number of ether oxygens (including phenoxy) is 1. The van der Waals surface area contributed by atoms with Gasteiger partial charge >= 0.3 is 0 Å². The van der Waals surface area contributed by atoms with Crippen molar-refractivity contribution in [3.05, 3.63) is 53.2 Å². The predicted octanol–water partition coefficient (Wildman–Crippen LogP) is 4.11. The summed E-state index contributed by atoms with van der Waals surface area (Å²) in [6.45, 7) is 1.92. The van der Waals surface area contributed by atoms with Gasteiger partial charge in [0.2, 0.25) is 4.96 Å². The van der Waals surface area contributed by atoms with Crippen LogP contribution in [0, 0.1) is 6.92 Å². The molecule has 0 amide bonds. The summed E-state index contributed by atoms with van der Waals surface area (Å²) >= 11 is 4.76. The third-order valence-electron chi connectivity index (χ3n) is 3.13. The quantitative estimate of drug-likeness (QED) is 0.494. The number of rotatable bonds is 3. The second-order valence-electron chi connectivity index (χ2n) is 4.81. The van der Waals surface area contributed by atoms with Crippen LogP contribution in [0.3, 0.4) is 0 Å². The van der Waals surface area contributed by atoms with Crippen LogP contribution in [0.1, 0.15) is 5.69 Å². The highest BCUT2D eigenvalue weighted by Crippen LogP contribution is 2.32. The Balaban J connectivity index is 1.64. The minimum absolute atomic E-state index is 0.511. The Morgan fingerprint density at radius 3 is 2.87 bits per heavy atom. The molecule has 0 saturated carbocycles. The van der Waals surface area contributed by atoms with Crippen molar-refractivity contribution in [1.29, 1.82) is 0 Å². The molecule has 4 aromatic heterocycles. The first-order valence-electron chi connectivity index (χ1n) is 6.77. The summed E-state index contributed by atoms with van der Waals surface area (Å²) in [4.78, 5) is 13.7. The van der Waals surface area contributed by atoms with Crippen molar-refractivity contribution in [3.63, 3.8) is 0 Å². The molecule has 0 N–H and O–H groups in total. The molecule has 6 nitrogen and oxygen atoms in total. The van der Waals surface area contributed by atoms with Crippen LogP contribution < -0.4 is 4.74 Å². The van der Waals surface area contributed by atoms with Gasteiger partial charge in [-0.2, -0.15) is 0 Å². The lowest BCUT2D eigenvalue weighted by Gasteiger charge is -2.03. The van der Waals surface area contributed by atoms with Crippen LogP contribution in [0.2, 0.25) is 0 Å². The smallest absolute Gasteiger partial charge is 0.299 e. The largest absolute Gasteiger partial charge is 0.427 e. The number of pyridine rings is 2. The van der Waals surface area contributed by atoms with Gasteiger partial charge in [-0.1, -0.05) is 0 Å². The molecule has 0 aromatic carbocycles. The van der Waals surface area contributed by atoms with Crippen molar-refractivity contribution in [3.8, 4) is 22.2 Å². The van der Waals surface area contributed by atoms with E-state index in [-0.39, 0.29) is 0 Å². The highest BCUT2D eigenvalue weighted by Gasteiger charge is 2.12. The maximum absolute atomic E-state index is 5.78. The lowest BCUT2D eigenvalue weighted by Crippen LogP contribution is -1.90. The maximum Gasteiger partial charge on any atom is 0.299 e. The Morgan fingerprint density at radius 1 is 1.22 bits per heavy atom. The summed E-state index contributed by atoms with van der Waals surface area (Å²) in [5, 5.41) is 4.91. The highest BCUT2D eigenvalue weighted by molar-refractivity contribution is 9.10. The van der Waals surface area contributed by atoms with E-state index < -0.39 is 0 Å². The standard InChI is InChI=1S/C15H10BrN5OS/c1-9-4-5-12(13(16)18-9)22-15-20-21-8-11(19-14(21)23-15)10-3-2-6-17-7-10/h2-8H,1H3. The molecule has 0 fully saturated rings. The van der Waals surface area contributed by atoms with Gasteiger partial charge in [-0.25, -0.2) is 14.5 Å². The maximum atomic E-state index is 5.78. The van der Waals surface area contributed by atoms with Crippen molar-refractivity contribution in [1.82, 2.24) is 24.6 Å². The van der Waals surface area contributed by atoms with Crippen molar-refractivity contribution < 1.29 is 4.74 Å². The number of nitrogens with zero attached hydrogens (tertiary/aromatic N) is 5. The average Bonchev–Trinajstić information content (AvgIpc) is 3.09. The normalized spacial score (nSPS) is 11.0. The molecule has 114 valence electrons. The minimum atomic E-state index is 0.511. The molecule has 4 heterocycles. The van der Waals surface area contributed by atoms with Gasteiger partial charge in [0, 0.05) is 23.7 Å². The number of imidazole rings is 1. The summed E-state index contributed by atoms with van der Waals surface area (Å²) < 4.78 is 8.14. The van der Waals surface area contributed by atoms with Crippen LogP contribution in [-0.4, -0.2) is 24.6 Å². The van der Waals surface area contributed by atoms with E-state index in [4.69, 9.17) is 4.74 Å². The predicted molar refractivity (Wildman–Crippen MR) is 90.8 cm³/mol. The number of halogens is 1. The highest BCUT2D eigenvalue weighted by atomic mass is 79.9. The lowest BCUT2D eigenvalue weighted by molar-refractivity contribution is 0.464. The molecule has 0 bridgehead atoms. The van der Waals surface area contributed by atoms with Crippen LogP contribution in [-0.2, 0) is 0 Å². The van der Waals surface area contributed by atoms with Crippen molar-refractivity contribution in [2.75, 3.05) is 0 Å². The second-order valence-corrected chi connectivity index (χ2v) is 6.48. The Morgan fingerprint density at radius 2 is 2.13 bits per heavy atom. The van der Waals surface area contributed by atoms with E-state index in [0.29, 0.717) is 15.5 Å². The number of fused-ring (bicyclic) bond motifs is 1. The summed E-state index contributed by atoms with van der Waals surface area (Å²) in [5.74, 6) is 0.625. The van der Waals surface area contributed by atoms with E-state index in [2.05, 4.69) is 36.0 Å². The second kappa shape index (κ2) is 5.71. The number of aromatic nitrogens is 5. The molecule has 0 spiro atoms. The van der Waals surface area contributed by atoms with E-state index in [9.17, 15) is 0 Å². The van der Waals surface area contributed by atoms with Crippen LogP contribution in [0.25, 0.3) is 16.2 Å². The van der Waals surface area contributed by atoms with Crippen LogP contribution in [0.4, 0.5) is 0 Å². The number of aryl methyl sites for hydroxylation is 1. The monoisotopic (exact) mass is 387 g/mol. The van der Waals surface area contributed by atoms with E-state index in [1.165, 1.54) is 11.3 Å². The molecule has 0 aliphatic carbocycles. The van der Waals surface area contributed by atoms with Gasteiger partial charge in [0.1, 0.15) is 4.60 Å². The van der Waals surface area contributed by atoms with E-state index in [0.717, 1.165) is 21.9 Å². The molecule has 0 aliphatic heterocycles. The van der Waals surface area contributed by atoms with Crippen molar-refractivity contribution in [2.45, 2.75) is 6.92 Å². The molecule has 0 radical (unpaired) electrons. The van der Waals surface area contributed by atoms with E-state index in [1.807, 2.05) is 37.4 Å². The number of hydrogen-bond donors (Lipinski definition) is 0. The van der Waals surface area contributed by atoms with Crippen molar-refractivity contribution >= 4 is 32.2 Å². The van der Waals surface area contributed by atoms with Gasteiger partial charge in [-0.3, -0.25) is 4.98 Å². The Hall–Kier alpha value is -2.32. The fourth-order valence-electron chi connectivity index (χ4n) is 2.06. The molecule has 0 saturated heterocycles. The first-order valence-corrected chi connectivity index (χ1v) is 8.37. The lowest BCUT2D eigenvalue weighted by atomic mass is 10.2. The zero-order chi connectivity index (χ0) is 15.8. The molecule has 0 unspecified atom stereocenters. The van der Waals surface area contributed by atoms with Crippen molar-refractivity contribution in [2.24, 2.45) is 0 Å². The first-order chi connectivity index (χ1) is 11.2. The summed E-state index contributed by atoms with van der Waals surface area (Å²) in [6.07, 6.45) is 5.37. The van der Waals surface area contributed by atoms with Gasteiger partial charge in [0.15, 0.2) is 5.75 Å². The van der Waals surface area contributed by atoms with E-state index >= 15 is 0 Å². The van der Waals surface area contributed by atoms with Crippen LogP contribution in [0.15, 0.2) is 47.5 Å². The molecular weight excluding hydrogens is 378 g/mol. The molecule has 4 rings (SSSR count). The third kappa shape index (κ3) is 2.82. The van der Waals surface area contributed by atoms with Gasteiger partial charge < -0.3 is 4.74 Å². The summed E-state index contributed by atoms with van der Waals surface area (Å²) in [7, 11) is 0. The zero-order valence-electron chi connectivity index (χ0n) is 12.0. The zero-order valence-corrected chi connectivity index (χ0v) is 14.4. The molecular formula is C15H10BrN5OS. The van der Waals surface area contributed by atoms with Gasteiger partial charge in [-0.15, -0.1) is 5.10 Å². The molecule has 0 atom stereocenters. The minimum Gasteiger partial charge on any atom is -0.427 e. The molecule has 23 heavy (non-hydrogen) atoms. The van der Waals surface area contributed by atoms with E-state index in [1.54, 1.807) is 16.9 Å². The Bertz CT molecular complexity index is 951. The topological polar surface area (TPSA) is 65.2 Å². The molecule has 8 heteroatoms. The summed E-state index contributed by atoms with van der Waals surface area (Å²) in [5.41, 5.74) is 2.71. The fraction of sp³-hybridized carbons (Fsp3) is 0.0667. The third-order valence-corrected chi connectivity index (χ3v) is 4.50. The SMILES string of the molecule is Cc1ccc(Oc2nn3cc(-c4cccnc4)nc3s2)c(Br)n1.